The molecule has 0 aliphatic carbocycles. The van der Waals surface area contributed by atoms with Crippen molar-refractivity contribution in [1.29, 1.82) is 0 Å². The number of benzene rings is 2. The van der Waals surface area contributed by atoms with Crippen LogP contribution < -0.4 is 9.47 Å². The van der Waals surface area contributed by atoms with Crippen molar-refractivity contribution in [2.45, 2.75) is 53.1 Å². The lowest BCUT2D eigenvalue weighted by Gasteiger charge is -2.13. The number of carboxylic acids is 1. The van der Waals surface area contributed by atoms with Crippen molar-refractivity contribution in [2.24, 2.45) is 11.8 Å². The van der Waals surface area contributed by atoms with Gasteiger partial charge in [0, 0.05) is 0 Å². The molecule has 1 atom stereocenters. The zero-order chi connectivity index (χ0) is 21.2. The number of aromatic carboxylic acids is 1. The van der Waals surface area contributed by atoms with Crippen LogP contribution in [0.5, 0.6) is 17.2 Å². The maximum absolute atomic E-state index is 11.3. The second-order valence-corrected chi connectivity index (χ2v) is 7.96. The summed E-state index contributed by atoms with van der Waals surface area (Å²) in [6, 6.07) is 12.0. The van der Waals surface area contributed by atoms with Crippen LogP contribution in [0.1, 0.15) is 62.4 Å². The van der Waals surface area contributed by atoms with E-state index < -0.39 is 5.97 Å². The number of hydrogen-bond acceptors (Lipinski definition) is 4. The van der Waals surface area contributed by atoms with Gasteiger partial charge in [-0.15, -0.1) is 0 Å². The second-order valence-electron chi connectivity index (χ2n) is 7.96. The fraction of sp³-hybridized carbons (Fsp3) is 0.458. The first-order valence-corrected chi connectivity index (χ1v) is 10.3. The molecule has 1 unspecified atom stereocenters. The minimum Gasteiger partial charge on any atom is -0.507 e. The van der Waals surface area contributed by atoms with Gasteiger partial charge in [-0.3, -0.25) is 0 Å². The largest absolute Gasteiger partial charge is 0.507 e. The van der Waals surface area contributed by atoms with E-state index in [1.807, 2.05) is 24.3 Å². The van der Waals surface area contributed by atoms with Crippen molar-refractivity contribution in [3.05, 3.63) is 53.6 Å². The first kappa shape index (κ1) is 22.6. The number of phenols is 1. The third-order valence-corrected chi connectivity index (χ3v) is 4.89. The highest BCUT2D eigenvalue weighted by Gasteiger charge is 2.16. The van der Waals surface area contributed by atoms with Crippen LogP contribution in [0.15, 0.2) is 42.5 Å². The summed E-state index contributed by atoms with van der Waals surface area (Å²) in [5.41, 5.74) is 0.661. The highest BCUT2D eigenvalue weighted by atomic mass is 16.5. The highest BCUT2D eigenvalue weighted by Crippen LogP contribution is 2.28. The van der Waals surface area contributed by atoms with E-state index in [0.29, 0.717) is 12.5 Å². The van der Waals surface area contributed by atoms with Gasteiger partial charge in [0.15, 0.2) is 0 Å². The average molecular weight is 401 g/mol. The number of carboxylic acid groups (broad SMARTS) is 1. The van der Waals surface area contributed by atoms with Gasteiger partial charge in [0.25, 0.3) is 0 Å². The first-order chi connectivity index (χ1) is 13.9. The molecule has 2 N–H and O–H groups in total. The molecule has 0 amide bonds. The van der Waals surface area contributed by atoms with Gasteiger partial charge < -0.3 is 19.7 Å². The Balaban J connectivity index is 1.78. The number of carbonyl (C=O) groups is 1. The Morgan fingerprint density at radius 2 is 1.69 bits per heavy atom. The third-order valence-electron chi connectivity index (χ3n) is 4.89. The van der Waals surface area contributed by atoms with Crippen LogP contribution in [-0.2, 0) is 6.61 Å². The standard InChI is InChI=1S/C24H32O5/c1-17(2)6-4-7-18(3)14-15-28-20-12-10-19(11-13-20)16-29-22-9-5-8-21(25)23(22)24(26)27/h5,8-13,17-18,25H,4,6-7,14-16H2,1-3H3,(H,26,27). The molecule has 0 aliphatic rings. The van der Waals surface area contributed by atoms with Gasteiger partial charge in [0.1, 0.15) is 29.4 Å². The van der Waals surface area contributed by atoms with Gasteiger partial charge in [-0.05, 0) is 48.1 Å². The van der Waals surface area contributed by atoms with Gasteiger partial charge in [-0.25, -0.2) is 4.79 Å². The third kappa shape index (κ3) is 7.68. The summed E-state index contributed by atoms with van der Waals surface area (Å²) in [4.78, 5) is 11.3. The van der Waals surface area contributed by atoms with Crippen LogP contribution in [0, 0.1) is 11.8 Å². The quantitative estimate of drug-likeness (QED) is 0.464. The van der Waals surface area contributed by atoms with Crippen molar-refractivity contribution < 1.29 is 24.5 Å². The van der Waals surface area contributed by atoms with Gasteiger partial charge in [0.2, 0.25) is 0 Å². The van der Waals surface area contributed by atoms with E-state index in [0.717, 1.165) is 23.7 Å². The topological polar surface area (TPSA) is 76.0 Å². The number of ether oxygens (including phenoxy) is 2. The fourth-order valence-corrected chi connectivity index (χ4v) is 3.09. The molecule has 0 bridgehead atoms. The Morgan fingerprint density at radius 1 is 0.966 bits per heavy atom. The molecule has 29 heavy (non-hydrogen) atoms. The minimum absolute atomic E-state index is 0.143. The van der Waals surface area contributed by atoms with Crippen molar-refractivity contribution in [3.63, 3.8) is 0 Å². The van der Waals surface area contributed by atoms with Crippen molar-refractivity contribution >= 4 is 5.97 Å². The summed E-state index contributed by atoms with van der Waals surface area (Å²) in [7, 11) is 0. The zero-order valence-electron chi connectivity index (χ0n) is 17.6. The summed E-state index contributed by atoms with van der Waals surface area (Å²) in [5.74, 6) is 0.852. The molecule has 2 aromatic rings. The lowest BCUT2D eigenvalue weighted by Crippen LogP contribution is -2.05. The molecular formula is C24H32O5. The van der Waals surface area contributed by atoms with Crippen LogP contribution in [0.4, 0.5) is 0 Å². The summed E-state index contributed by atoms with van der Waals surface area (Å²) < 4.78 is 11.4. The lowest BCUT2D eigenvalue weighted by molar-refractivity contribution is 0.0688. The monoisotopic (exact) mass is 400 g/mol. The van der Waals surface area contributed by atoms with Crippen LogP contribution in [0.3, 0.4) is 0 Å². The van der Waals surface area contributed by atoms with E-state index in [-0.39, 0.29) is 23.7 Å². The van der Waals surface area contributed by atoms with E-state index >= 15 is 0 Å². The maximum Gasteiger partial charge on any atom is 0.343 e. The number of aromatic hydroxyl groups is 1. The van der Waals surface area contributed by atoms with E-state index in [4.69, 9.17) is 9.47 Å². The molecular weight excluding hydrogens is 368 g/mol. The molecule has 0 aliphatic heterocycles. The van der Waals surface area contributed by atoms with Crippen molar-refractivity contribution in [1.82, 2.24) is 0 Å². The Bertz CT molecular complexity index is 767. The molecule has 0 radical (unpaired) electrons. The Labute approximate surface area is 173 Å². The first-order valence-electron chi connectivity index (χ1n) is 10.3. The van der Waals surface area contributed by atoms with Crippen LogP contribution >= 0.6 is 0 Å². The predicted octanol–water partition coefficient (Wildman–Crippen LogP) is 5.90. The Hall–Kier alpha value is -2.69. The van der Waals surface area contributed by atoms with Crippen molar-refractivity contribution in [3.8, 4) is 17.2 Å². The van der Waals surface area contributed by atoms with Crippen LogP contribution in [0.25, 0.3) is 0 Å². The maximum atomic E-state index is 11.3. The molecule has 0 heterocycles. The van der Waals surface area contributed by atoms with E-state index in [1.54, 1.807) is 6.07 Å². The molecule has 0 spiro atoms. The molecule has 2 rings (SSSR count). The molecule has 0 saturated carbocycles. The number of rotatable bonds is 12. The van der Waals surface area contributed by atoms with E-state index in [1.165, 1.54) is 31.4 Å². The van der Waals surface area contributed by atoms with Gasteiger partial charge >= 0.3 is 5.97 Å². The molecule has 2 aromatic carbocycles. The SMILES string of the molecule is CC(C)CCCC(C)CCOc1ccc(COc2cccc(O)c2C(=O)O)cc1. The van der Waals surface area contributed by atoms with Crippen LogP contribution in [-0.4, -0.2) is 22.8 Å². The van der Waals surface area contributed by atoms with Crippen LogP contribution in [0.2, 0.25) is 0 Å². The second kappa shape index (κ2) is 11.3. The normalized spacial score (nSPS) is 12.0. The number of hydrogen-bond donors (Lipinski definition) is 2. The molecule has 0 saturated heterocycles. The van der Waals surface area contributed by atoms with Gasteiger partial charge in [-0.1, -0.05) is 58.2 Å². The predicted molar refractivity (Wildman–Crippen MR) is 114 cm³/mol. The summed E-state index contributed by atoms with van der Waals surface area (Å²) >= 11 is 0. The average Bonchev–Trinajstić information content (AvgIpc) is 2.66. The van der Waals surface area contributed by atoms with Crippen molar-refractivity contribution in [2.75, 3.05) is 6.61 Å². The molecule has 0 aromatic heterocycles. The zero-order valence-corrected chi connectivity index (χ0v) is 17.6. The van der Waals surface area contributed by atoms with Gasteiger partial charge in [0.05, 0.1) is 6.61 Å². The summed E-state index contributed by atoms with van der Waals surface area (Å²) in [6.45, 7) is 7.70. The van der Waals surface area contributed by atoms with E-state index in [9.17, 15) is 15.0 Å². The Kier molecular flexibility index (Phi) is 8.84. The Morgan fingerprint density at radius 3 is 2.34 bits per heavy atom. The molecule has 0 fully saturated rings. The molecule has 158 valence electrons. The molecule has 5 heteroatoms. The smallest absolute Gasteiger partial charge is 0.343 e. The summed E-state index contributed by atoms with van der Waals surface area (Å²) in [6.07, 6.45) is 4.84. The highest BCUT2D eigenvalue weighted by molar-refractivity contribution is 5.93. The minimum atomic E-state index is -1.22. The summed E-state index contributed by atoms with van der Waals surface area (Å²) in [5, 5.41) is 18.9. The van der Waals surface area contributed by atoms with E-state index in [2.05, 4.69) is 20.8 Å². The van der Waals surface area contributed by atoms with Gasteiger partial charge in [-0.2, -0.15) is 0 Å². The fourth-order valence-electron chi connectivity index (χ4n) is 3.09. The lowest BCUT2D eigenvalue weighted by atomic mass is 9.98. The molecule has 5 nitrogen and oxygen atoms in total.